The van der Waals surface area contributed by atoms with Gasteiger partial charge in [0.25, 0.3) is 0 Å². The van der Waals surface area contributed by atoms with Crippen molar-refractivity contribution in [3.8, 4) is 0 Å². The molecule has 1 unspecified atom stereocenters. The van der Waals surface area contributed by atoms with Crippen LogP contribution in [0.1, 0.15) is 20.8 Å². The van der Waals surface area contributed by atoms with E-state index in [1.54, 1.807) is 0 Å². The Morgan fingerprint density at radius 1 is 0.875 bits per heavy atom. The van der Waals surface area contributed by atoms with Crippen LogP contribution in [0.2, 0.25) is 0 Å². The highest BCUT2D eigenvalue weighted by Gasteiger charge is 1.92. The highest BCUT2D eigenvalue weighted by molar-refractivity contribution is 8.11. The molecule has 144 valence electrons. The number of sulfonamides is 2. The van der Waals surface area contributed by atoms with E-state index in [4.69, 9.17) is 0 Å². The maximum absolute atomic E-state index is 10.5. The van der Waals surface area contributed by atoms with Gasteiger partial charge in [-0.2, -0.15) is 0 Å². The van der Waals surface area contributed by atoms with Crippen molar-refractivity contribution in [1.82, 2.24) is 0 Å². The van der Waals surface area contributed by atoms with Crippen LogP contribution in [0.15, 0.2) is 9.39 Å². The molecule has 0 fully saturated rings. The number of rotatable bonds is 3. The summed E-state index contributed by atoms with van der Waals surface area (Å²) in [5.74, 6) is 1.84. The van der Waals surface area contributed by atoms with Crippen molar-refractivity contribution >= 4 is 53.3 Å². The molecule has 0 aromatic carbocycles. The van der Waals surface area contributed by atoms with E-state index in [2.05, 4.69) is 19.4 Å². The Morgan fingerprint density at radius 2 is 1.21 bits per heavy atom. The fourth-order valence-electron chi connectivity index (χ4n) is 0.740. The first kappa shape index (κ1) is 27.3. The van der Waals surface area contributed by atoms with E-state index >= 15 is 0 Å². The summed E-state index contributed by atoms with van der Waals surface area (Å²) in [6, 6.07) is 0. The monoisotopic (exact) mass is 406 g/mol. The van der Waals surface area contributed by atoms with Crippen molar-refractivity contribution in [3.05, 3.63) is 4.13 Å². The molecule has 0 aliphatic rings. The fraction of sp³-hybridized carbons (Fsp3) is 0.600. The Labute approximate surface area is 142 Å². The summed E-state index contributed by atoms with van der Waals surface area (Å²) in [7, 11) is -9.94. The average molecular weight is 406 g/mol. The minimum absolute atomic E-state index is 0.437. The lowest BCUT2D eigenvalue weighted by molar-refractivity contribution is -0.216. The van der Waals surface area contributed by atoms with Crippen LogP contribution in [-0.4, -0.2) is 63.4 Å². The largest absolute Gasteiger partial charge is 0.862 e. The normalized spacial score (nSPS) is 15.1. The third-order valence-corrected chi connectivity index (χ3v) is 3.72. The van der Waals surface area contributed by atoms with Crippen molar-refractivity contribution < 1.29 is 36.1 Å². The van der Waals surface area contributed by atoms with E-state index in [0.29, 0.717) is 12.5 Å². The van der Waals surface area contributed by atoms with Crippen LogP contribution in [0.25, 0.3) is 4.13 Å². The molecule has 0 rings (SSSR count). The Hall–Kier alpha value is -1.51. The summed E-state index contributed by atoms with van der Waals surface area (Å²) in [5.41, 5.74) is 0. The van der Waals surface area contributed by atoms with Crippen LogP contribution in [0.4, 0.5) is 0 Å². The van der Waals surface area contributed by atoms with E-state index in [1.807, 2.05) is 0 Å². The van der Waals surface area contributed by atoms with Gasteiger partial charge < -0.3 is 14.3 Å². The van der Waals surface area contributed by atoms with Crippen molar-refractivity contribution in [1.29, 1.82) is 0 Å². The van der Waals surface area contributed by atoms with Crippen LogP contribution in [0.5, 0.6) is 0 Å². The first-order chi connectivity index (χ1) is 10.2. The number of carbonyl (C=O) groups excluding carboxylic acids is 1. The molecular formula is C10H20N3O8S3-3. The van der Waals surface area contributed by atoms with E-state index in [9.17, 15) is 36.1 Å². The second-order valence-electron chi connectivity index (χ2n) is 4.26. The molecule has 11 nitrogen and oxygen atoms in total. The zero-order valence-electron chi connectivity index (χ0n) is 14.0. The smallest absolute Gasteiger partial charge is 0.241 e. The quantitative estimate of drug-likeness (QED) is 0.282. The van der Waals surface area contributed by atoms with Crippen molar-refractivity contribution in [2.75, 3.05) is 18.8 Å². The topological polar surface area (TPSA) is 187 Å². The molecule has 0 aromatic rings. The lowest BCUT2D eigenvalue weighted by Crippen LogP contribution is -2.13. The molecule has 0 aromatic heterocycles. The number of carbonyl (C=O) groups is 1. The lowest BCUT2D eigenvalue weighted by atomic mass is 10.7. The molecule has 0 aliphatic carbocycles. The standard InChI is InChI=1S/C4H9NO2S.C4H7NO2.C2H6NO4S2/c1-4(6)5-8(2,3)7;1-3(6)5-4(2)7;1-8(4,5)3-9(2,6)7/h2H2,1,3H3,(H,5,6,7);1-2H3,(H,5,6,7);1-2H3/q;;-1/p-2. The van der Waals surface area contributed by atoms with Gasteiger partial charge in [-0.25, -0.2) is 30.4 Å². The number of hydrogen-bond donors (Lipinski definition) is 0. The second kappa shape index (κ2) is 11.1. The zero-order valence-corrected chi connectivity index (χ0v) is 16.5. The van der Waals surface area contributed by atoms with Gasteiger partial charge in [0.15, 0.2) is 0 Å². The molecule has 24 heavy (non-hydrogen) atoms. The van der Waals surface area contributed by atoms with Gasteiger partial charge in [-0.05, 0) is 31.5 Å². The SMILES string of the molecule is C=S(C)(=O)N=C(C)[O-].CC(=O)N=C(C)[O-].CS(=O)(=O)[N-]S(C)(=O)=O. The van der Waals surface area contributed by atoms with Gasteiger partial charge in [0, 0.05) is 25.7 Å². The lowest BCUT2D eigenvalue weighted by Gasteiger charge is -2.11. The van der Waals surface area contributed by atoms with Crippen LogP contribution in [-0.2, 0) is 34.5 Å². The molecule has 0 spiro atoms. The van der Waals surface area contributed by atoms with Crippen LogP contribution >= 0.6 is 0 Å². The van der Waals surface area contributed by atoms with Crippen LogP contribution < -0.4 is 10.2 Å². The molecule has 0 saturated heterocycles. The number of aliphatic imine (C=N–C) groups is 1. The minimum atomic E-state index is -3.74. The molecular weight excluding hydrogens is 386 g/mol. The van der Waals surface area contributed by atoms with Crippen molar-refractivity contribution in [2.24, 2.45) is 9.39 Å². The molecule has 0 aliphatic heterocycles. The molecule has 0 bridgehead atoms. The van der Waals surface area contributed by atoms with Gasteiger partial charge in [0.1, 0.15) is 0 Å². The van der Waals surface area contributed by atoms with Gasteiger partial charge in [-0.15, -0.1) is 0 Å². The Balaban J connectivity index is -0.000000278. The first-order valence-corrected chi connectivity index (χ1v) is 11.5. The maximum Gasteiger partial charge on any atom is 0.241 e. The molecule has 0 saturated carbocycles. The predicted octanol–water partition coefficient (Wildman–Crippen LogP) is -2.38. The van der Waals surface area contributed by atoms with E-state index < -0.39 is 47.5 Å². The highest BCUT2D eigenvalue weighted by atomic mass is 32.3. The van der Waals surface area contributed by atoms with Gasteiger partial charge in [-0.1, -0.05) is 0 Å². The highest BCUT2D eigenvalue weighted by Crippen LogP contribution is 2.03. The van der Waals surface area contributed by atoms with E-state index in [1.165, 1.54) is 27.0 Å². The number of nitrogens with zero attached hydrogens (tertiary/aromatic N) is 3. The van der Waals surface area contributed by atoms with Crippen LogP contribution in [0, 0.1) is 0 Å². The molecule has 1 amide bonds. The number of hydrogen-bond acceptors (Lipinski definition) is 8. The third-order valence-electron chi connectivity index (χ3n) is 0.907. The molecule has 0 radical (unpaired) electrons. The molecule has 14 heteroatoms. The molecule has 0 N–H and O–H groups in total. The predicted molar refractivity (Wildman–Crippen MR) is 91.1 cm³/mol. The van der Waals surface area contributed by atoms with Crippen molar-refractivity contribution in [2.45, 2.75) is 20.8 Å². The van der Waals surface area contributed by atoms with Gasteiger partial charge in [-0.3, -0.25) is 4.79 Å². The van der Waals surface area contributed by atoms with E-state index in [-0.39, 0.29) is 0 Å². The molecule has 0 heterocycles. The summed E-state index contributed by atoms with van der Waals surface area (Å²) >= 11 is 0. The minimum Gasteiger partial charge on any atom is -0.862 e. The summed E-state index contributed by atoms with van der Waals surface area (Å²) in [6.45, 7) is 3.72. The second-order valence-corrected chi connectivity index (χ2v) is 9.89. The Kier molecular flexibility index (Phi) is 12.7. The van der Waals surface area contributed by atoms with Gasteiger partial charge in [0.05, 0.1) is 29.8 Å². The zero-order chi connectivity index (χ0) is 20.4. The van der Waals surface area contributed by atoms with Gasteiger partial charge in [0.2, 0.25) is 5.91 Å². The summed E-state index contributed by atoms with van der Waals surface area (Å²) < 4.78 is 56.6. The van der Waals surface area contributed by atoms with E-state index in [0.717, 1.165) is 0 Å². The Morgan fingerprint density at radius 3 is 1.21 bits per heavy atom. The average Bonchev–Trinajstić information content (AvgIpc) is 2.04. The maximum atomic E-state index is 10.5. The summed E-state index contributed by atoms with van der Waals surface area (Å²) in [5, 5.41) is 19.9. The summed E-state index contributed by atoms with van der Waals surface area (Å²) in [6.07, 6.45) is 2.75. The first-order valence-electron chi connectivity index (χ1n) is 5.68. The fourth-order valence-corrected chi connectivity index (χ4v) is 3.25. The van der Waals surface area contributed by atoms with Gasteiger partial charge >= 0.3 is 0 Å². The van der Waals surface area contributed by atoms with Crippen LogP contribution in [0.3, 0.4) is 0 Å². The third kappa shape index (κ3) is 42.8. The number of amides is 1. The Bertz CT molecular complexity index is 739. The van der Waals surface area contributed by atoms with Crippen molar-refractivity contribution in [3.63, 3.8) is 0 Å². The summed E-state index contributed by atoms with van der Waals surface area (Å²) in [4.78, 5) is 12.9. The molecule has 1 atom stereocenters.